The minimum Gasteiger partial charge on any atom is -0.494 e. The van der Waals surface area contributed by atoms with E-state index in [0.717, 1.165) is 30.7 Å². The number of carbonyl (C=O) groups excluding carboxylic acids is 1. The molecule has 3 rings (SSSR count). The molecule has 0 radical (unpaired) electrons. The first kappa shape index (κ1) is 17.8. The van der Waals surface area contributed by atoms with Gasteiger partial charge in [0.25, 0.3) is 5.91 Å². The zero-order valence-corrected chi connectivity index (χ0v) is 14.9. The number of ether oxygens (including phenoxy) is 2. The number of carbonyl (C=O) groups is 1. The SMILES string of the molecule is CCOc1ccc([C@@H]2CCCN2C(=O)COc2ccc(C#N)cc2)cc1. The molecule has 26 heavy (non-hydrogen) atoms. The maximum atomic E-state index is 12.6. The normalized spacial score (nSPS) is 16.2. The summed E-state index contributed by atoms with van der Waals surface area (Å²) in [4.78, 5) is 14.5. The van der Waals surface area contributed by atoms with Gasteiger partial charge in [-0.1, -0.05) is 12.1 Å². The van der Waals surface area contributed by atoms with E-state index in [1.807, 2.05) is 36.1 Å². The van der Waals surface area contributed by atoms with Crippen LogP contribution in [0.4, 0.5) is 0 Å². The monoisotopic (exact) mass is 350 g/mol. The zero-order chi connectivity index (χ0) is 18.4. The van der Waals surface area contributed by atoms with E-state index in [1.165, 1.54) is 0 Å². The van der Waals surface area contributed by atoms with Crippen molar-refractivity contribution in [1.29, 1.82) is 5.26 Å². The Labute approximate surface area is 153 Å². The molecule has 1 fully saturated rings. The molecular weight excluding hydrogens is 328 g/mol. The Morgan fingerprint density at radius 3 is 2.42 bits per heavy atom. The van der Waals surface area contributed by atoms with E-state index in [1.54, 1.807) is 24.3 Å². The molecule has 5 nitrogen and oxygen atoms in total. The first-order chi connectivity index (χ1) is 12.7. The van der Waals surface area contributed by atoms with E-state index in [0.29, 0.717) is 17.9 Å². The highest BCUT2D eigenvalue weighted by molar-refractivity contribution is 5.78. The Kier molecular flexibility index (Phi) is 5.75. The fraction of sp³-hybridized carbons (Fsp3) is 0.333. The summed E-state index contributed by atoms with van der Waals surface area (Å²) in [7, 11) is 0. The van der Waals surface area contributed by atoms with Crippen LogP contribution in [-0.4, -0.2) is 30.6 Å². The van der Waals surface area contributed by atoms with Gasteiger partial charge in [-0.3, -0.25) is 4.79 Å². The van der Waals surface area contributed by atoms with Gasteiger partial charge in [-0.2, -0.15) is 5.26 Å². The van der Waals surface area contributed by atoms with Gasteiger partial charge in [0.2, 0.25) is 0 Å². The highest BCUT2D eigenvalue weighted by Crippen LogP contribution is 2.32. The summed E-state index contributed by atoms with van der Waals surface area (Å²) in [5.74, 6) is 1.41. The molecule has 0 spiro atoms. The maximum Gasteiger partial charge on any atom is 0.261 e. The van der Waals surface area contributed by atoms with E-state index in [9.17, 15) is 4.79 Å². The molecule has 1 saturated heterocycles. The van der Waals surface area contributed by atoms with Crippen LogP contribution in [0.1, 0.15) is 36.9 Å². The van der Waals surface area contributed by atoms with Gasteiger partial charge in [-0.25, -0.2) is 0 Å². The number of nitriles is 1. The molecule has 5 heteroatoms. The third-order valence-corrected chi connectivity index (χ3v) is 4.49. The van der Waals surface area contributed by atoms with E-state index < -0.39 is 0 Å². The van der Waals surface area contributed by atoms with Gasteiger partial charge < -0.3 is 14.4 Å². The van der Waals surface area contributed by atoms with Crippen molar-refractivity contribution in [3.63, 3.8) is 0 Å². The Morgan fingerprint density at radius 2 is 1.77 bits per heavy atom. The number of amides is 1. The topological polar surface area (TPSA) is 62.6 Å². The Hall–Kier alpha value is -3.00. The van der Waals surface area contributed by atoms with Gasteiger partial charge in [-0.15, -0.1) is 0 Å². The molecule has 1 amide bonds. The van der Waals surface area contributed by atoms with Crippen molar-refractivity contribution in [1.82, 2.24) is 4.90 Å². The van der Waals surface area contributed by atoms with Gasteiger partial charge in [0, 0.05) is 6.54 Å². The van der Waals surface area contributed by atoms with Crippen molar-refractivity contribution in [2.75, 3.05) is 19.8 Å². The lowest BCUT2D eigenvalue weighted by atomic mass is 10.0. The molecule has 1 atom stereocenters. The Morgan fingerprint density at radius 1 is 1.12 bits per heavy atom. The number of benzene rings is 2. The molecule has 1 aliphatic rings. The third-order valence-electron chi connectivity index (χ3n) is 4.49. The second-order valence-electron chi connectivity index (χ2n) is 6.17. The highest BCUT2D eigenvalue weighted by Gasteiger charge is 2.30. The first-order valence-corrected chi connectivity index (χ1v) is 8.86. The average Bonchev–Trinajstić information content (AvgIpc) is 3.17. The molecule has 0 unspecified atom stereocenters. The van der Waals surface area contributed by atoms with Gasteiger partial charge >= 0.3 is 0 Å². The molecule has 0 aliphatic carbocycles. The van der Waals surface area contributed by atoms with Crippen LogP contribution in [0.15, 0.2) is 48.5 Å². The van der Waals surface area contributed by atoms with Crippen LogP contribution in [0.5, 0.6) is 11.5 Å². The van der Waals surface area contributed by atoms with E-state index in [-0.39, 0.29) is 18.6 Å². The van der Waals surface area contributed by atoms with E-state index in [2.05, 4.69) is 6.07 Å². The van der Waals surface area contributed by atoms with E-state index in [4.69, 9.17) is 14.7 Å². The summed E-state index contributed by atoms with van der Waals surface area (Å²) in [6.07, 6.45) is 1.94. The van der Waals surface area contributed by atoms with Crippen LogP contribution in [0, 0.1) is 11.3 Å². The molecule has 2 aromatic carbocycles. The fourth-order valence-electron chi connectivity index (χ4n) is 3.22. The predicted molar refractivity (Wildman–Crippen MR) is 98.0 cm³/mol. The molecule has 1 heterocycles. The molecule has 0 aromatic heterocycles. The van der Waals surface area contributed by atoms with Crippen LogP contribution in [0.2, 0.25) is 0 Å². The van der Waals surface area contributed by atoms with Gasteiger partial charge in [0.1, 0.15) is 11.5 Å². The van der Waals surface area contributed by atoms with Crippen molar-refractivity contribution >= 4 is 5.91 Å². The second-order valence-corrected chi connectivity index (χ2v) is 6.17. The number of nitrogens with zero attached hydrogens (tertiary/aromatic N) is 2. The number of hydrogen-bond donors (Lipinski definition) is 0. The molecule has 2 aromatic rings. The minimum atomic E-state index is -0.0225. The van der Waals surface area contributed by atoms with Crippen molar-refractivity contribution in [2.24, 2.45) is 0 Å². The van der Waals surface area contributed by atoms with Gasteiger partial charge in [0.05, 0.1) is 24.3 Å². The quantitative estimate of drug-likeness (QED) is 0.797. The van der Waals surface area contributed by atoms with Crippen molar-refractivity contribution < 1.29 is 14.3 Å². The van der Waals surface area contributed by atoms with Crippen LogP contribution in [0.3, 0.4) is 0 Å². The fourth-order valence-corrected chi connectivity index (χ4v) is 3.22. The van der Waals surface area contributed by atoms with Crippen LogP contribution in [-0.2, 0) is 4.79 Å². The molecule has 1 aliphatic heterocycles. The molecule has 134 valence electrons. The summed E-state index contributed by atoms with van der Waals surface area (Å²) < 4.78 is 11.1. The Bertz CT molecular complexity index is 778. The average molecular weight is 350 g/mol. The minimum absolute atomic E-state index is 0.000566. The van der Waals surface area contributed by atoms with Gasteiger partial charge in [-0.05, 0) is 61.7 Å². The predicted octanol–water partition coefficient (Wildman–Crippen LogP) is 3.70. The van der Waals surface area contributed by atoms with Crippen molar-refractivity contribution in [3.05, 3.63) is 59.7 Å². The van der Waals surface area contributed by atoms with Crippen molar-refractivity contribution in [3.8, 4) is 17.6 Å². The number of hydrogen-bond acceptors (Lipinski definition) is 4. The largest absolute Gasteiger partial charge is 0.494 e. The molecule has 0 saturated carbocycles. The van der Waals surface area contributed by atoms with Gasteiger partial charge in [0.15, 0.2) is 6.61 Å². The molecule has 0 N–H and O–H groups in total. The lowest BCUT2D eigenvalue weighted by molar-refractivity contribution is -0.134. The van der Waals surface area contributed by atoms with Crippen LogP contribution >= 0.6 is 0 Å². The van der Waals surface area contributed by atoms with E-state index >= 15 is 0 Å². The second kappa shape index (κ2) is 8.39. The number of rotatable bonds is 6. The molecular formula is C21H22N2O3. The smallest absolute Gasteiger partial charge is 0.261 e. The summed E-state index contributed by atoms with van der Waals surface area (Å²) >= 11 is 0. The molecule has 0 bridgehead atoms. The summed E-state index contributed by atoms with van der Waals surface area (Å²) in [5.41, 5.74) is 1.69. The highest BCUT2D eigenvalue weighted by atomic mass is 16.5. The maximum absolute atomic E-state index is 12.6. The van der Waals surface area contributed by atoms with Crippen LogP contribution in [0.25, 0.3) is 0 Å². The number of likely N-dealkylation sites (tertiary alicyclic amines) is 1. The lowest BCUT2D eigenvalue weighted by Crippen LogP contribution is -2.34. The summed E-state index contributed by atoms with van der Waals surface area (Å²) in [6.45, 7) is 3.34. The summed E-state index contributed by atoms with van der Waals surface area (Å²) in [6, 6.07) is 16.9. The van der Waals surface area contributed by atoms with Crippen molar-refractivity contribution in [2.45, 2.75) is 25.8 Å². The first-order valence-electron chi connectivity index (χ1n) is 8.86. The third kappa shape index (κ3) is 4.15. The van der Waals surface area contributed by atoms with Crippen LogP contribution < -0.4 is 9.47 Å². The Balaban J connectivity index is 1.61. The lowest BCUT2D eigenvalue weighted by Gasteiger charge is -2.25. The standard InChI is InChI=1S/C21H22N2O3/c1-2-25-18-11-7-17(8-12-18)20-4-3-13-23(20)21(24)15-26-19-9-5-16(14-22)6-10-19/h5-12,20H,2-4,13,15H2,1H3/t20-/m0/s1. The zero-order valence-electron chi connectivity index (χ0n) is 14.9. The summed E-state index contributed by atoms with van der Waals surface area (Å²) in [5, 5.41) is 8.82.